The number of anilines is 1. The van der Waals surface area contributed by atoms with Crippen molar-refractivity contribution in [2.45, 2.75) is 45.3 Å². The van der Waals surface area contributed by atoms with Gasteiger partial charge >= 0.3 is 6.18 Å². The number of nitrogens with zero attached hydrogens (tertiary/aromatic N) is 3. The Labute approximate surface area is 129 Å². The van der Waals surface area contributed by atoms with Gasteiger partial charge in [-0.2, -0.15) is 18.3 Å². The largest absolute Gasteiger partial charge is 0.435 e. The van der Waals surface area contributed by atoms with Gasteiger partial charge in [0.1, 0.15) is 12.3 Å². The van der Waals surface area contributed by atoms with Gasteiger partial charge in [0.2, 0.25) is 5.91 Å². The molecule has 23 heavy (non-hydrogen) atoms. The Morgan fingerprint density at radius 2 is 2.13 bits per heavy atom. The highest BCUT2D eigenvalue weighted by atomic mass is 19.4. The predicted molar refractivity (Wildman–Crippen MR) is 73.7 cm³/mol. The summed E-state index contributed by atoms with van der Waals surface area (Å²) in [6.07, 6.45) is -2.18. The number of amides is 1. The van der Waals surface area contributed by atoms with E-state index in [0.29, 0.717) is 30.7 Å². The molecule has 0 aromatic carbocycles. The number of halogens is 3. The molecule has 2 aromatic rings. The van der Waals surface area contributed by atoms with Crippen molar-refractivity contribution in [1.29, 1.82) is 0 Å². The molecule has 0 atom stereocenters. The van der Waals surface area contributed by atoms with Crippen LogP contribution in [0.25, 0.3) is 0 Å². The quantitative estimate of drug-likeness (QED) is 0.940. The summed E-state index contributed by atoms with van der Waals surface area (Å²) in [7, 11) is 0. The van der Waals surface area contributed by atoms with Crippen LogP contribution in [0.1, 0.15) is 35.6 Å². The number of aromatic nitrogens is 3. The van der Waals surface area contributed by atoms with Crippen molar-refractivity contribution in [1.82, 2.24) is 14.9 Å². The molecule has 6 nitrogen and oxygen atoms in total. The SMILES string of the molecule is Cc1cc(NC(=O)Cn2nc(C(F)(F)F)c3c2CCCC3)no1. The van der Waals surface area contributed by atoms with E-state index in [1.54, 1.807) is 6.92 Å². The van der Waals surface area contributed by atoms with Gasteiger partial charge in [0, 0.05) is 17.3 Å². The van der Waals surface area contributed by atoms with Crippen molar-refractivity contribution < 1.29 is 22.5 Å². The second-order valence-electron chi connectivity index (χ2n) is 5.51. The zero-order valence-corrected chi connectivity index (χ0v) is 12.4. The Balaban J connectivity index is 1.82. The lowest BCUT2D eigenvalue weighted by atomic mass is 9.95. The number of hydrogen-bond acceptors (Lipinski definition) is 4. The maximum Gasteiger partial charge on any atom is 0.435 e. The maximum atomic E-state index is 13.1. The first-order valence-corrected chi connectivity index (χ1v) is 7.23. The Bertz CT molecular complexity index is 733. The van der Waals surface area contributed by atoms with Gasteiger partial charge in [0.15, 0.2) is 11.5 Å². The minimum Gasteiger partial charge on any atom is -0.360 e. The number of carbonyl (C=O) groups excluding carboxylic acids is 1. The van der Waals surface area contributed by atoms with E-state index in [-0.39, 0.29) is 17.9 Å². The summed E-state index contributed by atoms with van der Waals surface area (Å²) in [5.74, 6) is 0.253. The summed E-state index contributed by atoms with van der Waals surface area (Å²) in [5.41, 5.74) is -0.166. The number of rotatable bonds is 3. The summed E-state index contributed by atoms with van der Waals surface area (Å²) >= 11 is 0. The van der Waals surface area contributed by atoms with E-state index in [0.717, 1.165) is 11.1 Å². The van der Waals surface area contributed by atoms with Crippen LogP contribution >= 0.6 is 0 Å². The molecule has 1 aliphatic rings. The summed E-state index contributed by atoms with van der Waals surface area (Å²) in [5, 5.41) is 9.73. The van der Waals surface area contributed by atoms with E-state index in [9.17, 15) is 18.0 Å². The third kappa shape index (κ3) is 3.22. The van der Waals surface area contributed by atoms with Gasteiger partial charge in [0.25, 0.3) is 0 Å². The molecule has 1 amide bonds. The molecule has 0 unspecified atom stereocenters. The molecule has 1 aliphatic carbocycles. The molecule has 0 radical (unpaired) electrons. The lowest BCUT2D eigenvalue weighted by molar-refractivity contribution is -0.142. The molecule has 0 fully saturated rings. The molecule has 2 aromatic heterocycles. The van der Waals surface area contributed by atoms with Crippen LogP contribution in [-0.2, 0) is 30.4 Å². The van der Waals surface area contributed by atoms with Crippen LogP contribution < -0.4 is 5.32 Å². The zero-order chi connectivity index (χ0) is 16.6. The number of carbonyl (C=O) groups is 1. The topological polar surface area (TPSA) is 73.0 Å². The molecule has 9 heteroatoms. The van der Waals surface area contributed by atoms with E-state index in [1.165, 1.54) is 6.07 Å². The third-order valence-electron chi connectivity index (χ3n) is 3.71. The molecular formula is C14H15F3N4O2. The number of hydrogen-bond donors (Lipinski definition) is 1. The van der Waals surface area contributed by atoms with Crippen LogP contribution in [0.4, 0.5) is 19.0 Å². The van der Waals surface area contributed by atoms with E-state index < -0.39 is 17.8 Å². The molecule has 124 valence electrons. The highest BCUT2D eigenvalue weighted by molar-refractivity contribution is 5.89. The van der Waals surface area contributed by atoms with E-state index in [1.807, 2.05) is 0 Å². The fourth-order valence-corrected chi connectivity index (χ4v) is 2.77. The van der Waals surface area contributed by atoms with Crippen LogP contribution in [0.3, 0.4) is 0 Å². The van der Waals surface area contributed by atoms with Crippen molar-refractivity contribution in [2.24, 2.45) is 0 Å². The Hall–Kier alpha value is -2.32. The first kappa shape index (κ1) is 15.6. The molecular weight excluding hydrogens is 313 g/mol. The molecule has 0 bridgehead atoms. The average molecular weight is 328 g/mol. The van der Waals surface area contributed by atoms with Crippen molar-refractivity contribution in [3.05, 3.63) is 28.8 Å². The van der Waals surface area contributed by atoms with Gasteiger partial charge in [-0.25, -0.2) is 0 Å². The van der Waals surface area contributed by atoms with Crippen molar-refractivity contribution in [3.8, 4) is 0 Å². The average Bonchev–Trinajstić information content (AvgIpc) is 3.03. The molecule has 0 saturated heterocycles. The van der Waals surface area contributed by atoms with Gasteiger partial charge in [-0.3, -0.25) is 9.48 Å². The highest BCUT2D eigenvalue weighted by Crippen LogP contribution is 2.35. The molecule has 2 heterocycles. The lowest BCUT2D eigenvalue weighted by Gasteiger charge is -2.14. The monoisotopic (exact) mass is 328 g/mol. The van der Waals surface area contributed by atoms with Crippen LogP contribution in [0.5, 0.6) is 0 Å². The third-order valence-corrected chi connectivity index (χ3v) is 3.71. The Morgan fingerprint density at radius 1 is 1.39 bits per heavy atom. The summed E-state index contributed by atoms with van der Waals surface area (Å²) in [6.45, 7) is 1.38. The van der Waals surface area contributed by atoms with Gasteiger partial charge in [-0.1, -0.05) is 5.16 Å². The Kier molecular flexibility index (Phi) is 3.87. The van der Waals surface area contributed by atoms with E-state index in [4.69, 9.17) is 4.52 Å². The van der Waals surface area contributed by atoms with Crippen LogP contribution in [0.2, 0.25) is 0 Å². The van der Waals surface area contributed by atoms with Crippen molar-refractivity contribution >= 4 is 11.7 Å². The van der Waals surface area contributed by atoms with Crippen molar-refractivity contribution in [2.75, 3.05) is 5.32 Å². The van der Waals surface area contributed by atoms with Crippen LogP contribution in [0, 0.1) is 6.92 Å². The number of aryl methyl sites for hydroxylation is 1. The van der Waals surface area contributed by atoms with Crippen LogP contribution in [-0.4, -0.2) is 20.8 Å². The second kappa shape index (κ2) is 5.71. The molecule has 0 saturated carbocycles. The second-order valence-corrected chi connectivity index (χ2v) is 5.51. The Morgan fingerprint density at radius 3 is 2.78 bits per heavy atom. The molecule has 1 N–H and O–H groups in total. The van der Waals surface area contributed by atoms with E-state index >= 15 is 0 Å². The fourth-order valence-electron chi connectivity index (χ4n) is 2.77. The van der Waals surface area contributed by atoms with E-state index in [2.05, 4.69) is 15.6 Å². The zero-order valence-electron chi connectivity index (χ0n) is 12.4. The van der Waals surface area contributed by atoms with Gasteiger partial charge < -0.3 is 9.84 Å². The summed E-state index contributed by atoms with van der Waals surface area (Å²) in [6, 6.07) is 1.53. The standard InChI is InChI=1S/C14H15F3N4O2/c1-8-6-11(20-23-8)18-12(22)7-21-10-5-3-2-4-9(10)13(19-21)14(15,16)17/h6H,2-5,7H2,1H3,(H,18,20,22). The smallest absolute Gasteiger partial charge is 0.360 e. The van der Waals surface area contributed by atoms with Gasteiger partial charge in [-0.15, -0.1) is 0 Å². The summed E-state index contributed by atoms with van der Waals surface area (Å²) < 4.78 is 45.2. The minimum absolute atomic E-state index is 0.217. The maximum absolute atomic E-state index is 13.1. The predicted octanol–water partition coefficient (Wildman–Crippen LogP) is 2.72. The molecule has 0 spiro atoms. The number of alkyl halides is 3. The van der Waals surface area contributed by atoms with Crippen LogP contribution in [0.15, 0.2) is 10.6 Å². The number of nitrogens with one attached hydrogen (secondary N) is 1. The highest BCUT2D eigenvalue weighted by Gasteiger charge is 2.39. The normalized spacial score (nSPS) is 14.6. The number of fused-ring (bicyclic) bond motifs is 1. The minimum atomic E-state index is -4.51. The first-order chi connectivity index (χ1) is 10.8. The first-order valence-electron chi connectivity index (χ1n) is 7.23. The van der Waals surface area contributed by atoms with Gasteiger partial charge in [0.05, 0.1) is 0 Å². The van der Waals surface area contributed by atoms with Gasteiger partial charge in [-0.05, 0) is 32.6 Å². The fraction of sp³-hybridized carbons (Fsp3) is 0.500. The summed E-state index contributed by atoms with van der Waals surface area (Å²) in [4.78, 5) is 12.0. The molecule has 0 aliphatic heterocycles. The molecule has 3 rings (SSSR count). The van der Waals surface area contributed by atoms with Crippen molar-refractivity contribution in [3.63, 3.8) is 0 Å². The lowest BCUT2D eigenvalue weighted by Crippen LogP contribution is -2.22.